The molecule has 1 N–H and O–H groups in total. The number of esters is 1. The van der Waals surface area contributed by atoms with Crippen molar-refractivity contribution >= 4 is 41.1 Å². The molecule has 0 atom stereocenters. The summed E-state index contributed by atoms with van der Waals surface area (Å²) in [7, 11) is 0. The lowest BCUT2D eigenvalue weighted by Gasteiger charge is -2.02. The number of phenols is 1. The molecule has 6 heteroatoms. The van der Waals surface area contributed by atoms with Crippen LogP contribution in [0.2, 0.25) is 10.0 Å². The smallest absolute Gasteiger partial charge is 0.363 e. The van der Waals surface area contributed by atoms with Gasteiger partial charge in [-0.2, -0.15) is 0 Å². The molecule has 2 aromatic rings. The lowest BCUT2D eigenvalue weighted by atomic mass is 10.1. The van der Waals surface area contributed by atoms with Gasteiger partial charge >= 0.3 is 5.97 Å². The van der Waals surface area contributed by atoms with E-state index in [1.165, 1.54) is 18.2 Å². The summed E-state index contributed by atoms with van der Waals surface area (Å²) in [4.78, 5) is 16.0. The number of nitrogens with zero attached hydrogens (tertiary/aromatic N) is 1. The Kier molecular flexibility index (Phi) is 3.88. The average molecular weight is 334 g/mol. The van der Waals surface area contributed by atoms with Crippen molar-refractivity contribution < 1.29 is 14.6 Å². The van der Waals surface area contributed by atoms with Gasteiger partial charge < -0.3 is 9.84 Å². The molecule has 1 aliphatic rings. The first-order valence-electron chi connectivity index (χ1n) is 6.30. The van der Waals surface area contributed by atoms with Crippen molar-refractivity contribution in [2.45, 2.75) is 0 Å². The lowest BCUT2D eigenvalue weighted by Crippen LogP contribution is -2.04. The van der Waals surface area contributed by atoms with Crippen LogP contribution in [0.15, 0.2) is 53.2 Å². The molecule has 1 aliphatic heterocycles. The second-order valence-corrected chi connectivity index (χ2v) is 5.37. The summed E-state index contributed by atoms with van der Waals surface area (Å²) in [5, 5.41) is 10.4. The Hall–Kier alpha value is -2.30. The molecule has 0 radical (unpaired) electrons. The molecule has 2 aromatic carbocycles. The highest BCUT2D eigenvalue weighted by atomic mass is 35.5. The summed E-state index contributed by atoms with van der Waals surface area (Å²) in [6.45, 7) is 0. The molecule has 0 saturated carbocycles. The molecule has 110 valence electrons. The first-order chi connectivity index (χ1) is 10.5. The standard InChI is InChI=1S/C16H9Cl2NO3/c17-11-6-10(14(20)12(18)8-11)7-13-16(21)22-15(19-13)9-4-2-1-3-5-9/h1-8,20H/b13-7+. The number of carbonyl (C=O) groups is 1. The highest BCUT2D eigenvalue weighted by Gasteiger charge is 2.24. The van der Waals surface area contributed by atoms with Gasteiger partial charge in [0.15, 0.2) is 5.70 Å². The van der Waals surface area contributed by atoms with Crippen LogP contribution in [0, 0.1) is 0 Å². The Morgan fingerprint density at radius 3 is 2.59 bits per heavy atom. The van der Waals surface area contributed by atoms with Gasteiger partial charge in [0.1, 0.15) is 5.75 Å². The van der Waals surface area contributed by atoms with Crippen LogP contribution in [0.25, 0.3) is 6.08 Å². The highest BCUT2D eigenvalue weighted by molar-refractivity contribution is 6.36. The minimum atomic E-state index is -0.602. The maximum absolute atomic E-state index is 11.9. The molecular formula is C16H9Cl2NO3. The van der Waals surface area contributed by atoms with Crippen LogP contribution in [0.4, 0.5) is 0 Å². The van der Waals surface area contributed by atoms with Crippen molar-refractivity contribution in [2.24, 2.45) is 4.99 Å². The minimum absolute atomic E-state index is 0.0625. The van der Waals surface area contributed by atoms with Gasteiger partial charge in [-0.15, -0.1) is 0 Å². The van der Waals surface area contributed by atoms with E-state index in [9.17, 15) is 9.90 Å². The average Bonchev–Trinajstić information content (AvgIpc) is 2.86. The number of phenolic OH excluding ortho intramolecular Hbond substituents is 1. The molecule has 1 heterocycles. The van der Waals surface area contributed by atoms with Gasteiger partial charge in [0.2, 0.25) is 5.90 Å². The quantitative estimate of drug-likeness (QED) is 0.666. The zero-order chi connectivity index (χ0) is 15.7. The Labute approximate surface area is 136 Å². The molecule has 0 fully saturated rings. The summed E-state index contributed by atoms with van der Waals surface area (Å²) < 4.78 is 5.13. The fourth-order valence-electron chi connectivity index (χ4n) is 1.96. The molecule has 4 nitrogen and oxygen atoms in total. The number of hydrogen-bond acceptors (Lipinski definition) is 4. The van der Waals surface area contributed by atoms with Crippen LogP contribution < -0.4 is 0 Å². The Morgan fingerprint density at radius 2 is 1.86 bits per heavy atom. The van der Waals surface area contributed by atoms with E-state index in [1.807, 2.05) is 18.2 Å². The van der Waals surface area contributed by atoms with E-state index in [0.717, 1.165) is 0 Å². The Bertz CT molecular complexity index is 814. The number of aromatic hydroxyl groups is 1. The predicted molar refractivity (Wildman–Crippen MR) is 85.2 cm³/mol. The number of aliphatic imine (C=N–C) groups is 1. The predicted octanol–water partition coefficient (Wildman–Crippen LogP) is 4.04. The second-order valence-electron chi connectivity index (χ2n) is 4.53. The van der Waals surface area contributed by atoms with E-state index in [-0.39, 0.29) is 22.4 Å². The molecule has 0 bridgehead atoms. The van der Waals surface area contributed by atoms with E-state index < -0.39 is 5.97 Å². The second kappa shape index (κ2) is 5.83. The van der Waals surface area contributed by atoms with E-state index >= 15 is 0 Å². The monoisotopic (exact) mass is 333 g/mol. The van der Waals surface area contributed by atoms with Crippen LogP contribution in [0.1, 0.15) is 11.1 Å². The molecule has 0 aromatic heterocycles. The first-order valence-corrected chi connectivity index (χ1v) is 7.06. The van der Waals surface area contributed by atoms with E-state index in [0.29, 0.717) is 16.1 Å². The molecule has 0 spiro atoms. The van der Waals surface area contributed by atoms with Gasteiger partial charge in [0.05, 0.1) is 5.02 Å². The van der Waals surface area contributed by atoms with Gasteiger partial charge in [0.25, 0.3) is 0 Å². The number of carbonyl (C=O) groups excluding carboxylic acids is 1. The lowest BCUT2D eigenvalue weighted by molar-refractivity contribution is -0.129. The number of halogens is 2. The summed E-state index contributed by atoms with van der Waals surface area (Å²) in [5.41, 5.74) is 1.04. The molecule has 0 unspecified atom stereocenters. The van der Waals surface area contributed by atoms with E-state index in [2.05, 4.69) is 4.99 Å². The number of cyclic esters (lactones) is 1. The normalized spacial score (nSPS) is 15.8. The van der Waals surface area contributed by atoms with Crippen molar-refractivity contribution in [3.05, 3.63) is 69.3 Å². The van der Waals surface area contributed by atoms with Crippen molar-refractivity contribution in [2.75, 3.05) is 0 Å². The van der Waals surface area contributed by atoms with Crippen molar-refractivity contribution in [3.8, 4) is 5.75 Å². The topological polar surface area (TPSA) is 58.9 Å². The van der Waals surface area contributed by atoms with Gasteiger partial charge in [-0.25, -0.2) is 9.79 Å². The van der Waals surface area contributed by atoms with Crippen molar-refractivity contribution in [1.82, 2.24) is 0 Å². The number of hydrogen-bond donors (Lipinski definition) is 1. The molecule has 0 amide bonds. The SMILES string of the molecule is O=C1OC(c2ccccc2)=N/C1=C/c1cc(Cl)cc(Cl)c1O. The third kappa shape index (κ3) is 2.84. The summed E-state index contributed by atoms with van der Waals surface area (Å²) >= 11 is 11.7. The van der Waals surface area contributed by atoms with Gasteiger partial charge in [-0.3, -0.25) is 0 Å². The van der Waals surface area contributed by atoms with Crippen LogP contribution in [-0.2, 0) is 9.53 Å². The van der Waals surface area contributed by atoms with Gasteiger partial charge in [0, 0.05) is 16.1 Å². The van der Waals surface area contributed by atoms with Crippen molar-refractivity contribution in [1.29, 1.82) is 0 Å². The number of ether oxygens (including phenoxy) is 1. The number of benzene rings is 2. The first kappa shape index (κ1) is 14.6. The third-order valence-corrected chi connectivity index (χ3v) is 3.50. The van der Waals surface area contributed by atoms with E-state index in [1.54, 1.807) is 12.1 Å². The molecule has 22 heavy (non-hydrogen) atoms. The largest absolute Gasteiger partial charge is 0.506 e. The van der Waals surface area contributed by atoms with Gasteiger partial charge in [-0.05, 0) is 30.3 Å². The molecule has 3 rings (SSSR count). The fraction of sp³-hybridized carbons (Fsp3) is 0. The molecule has 0 aliphatic carbocycles. The molecule has 0 saturated heterocycles. The molecular weight excluding hydrogens is 325 g/mol. The Balaban J connectivity index is 2.02. The fourth-order valence-corrected chi connectivity index (χ4v) is 2.47. The zero-order valence-corrected chi connectivity index (χ0v) is 12.6. The van der Waals surface area contributed by atoms with Crippen molar-refractivity contribution in [3.63, 3.8) is 0 Å². The van der Waals surface area contributed by atoms with Crippen LogP contribution in [-0.4, -0.2) is 17.0 Å². The van der Waals surface area contributed by atoms with Gasteiger partial charge in [-0.1, -0.05) is 41.4 Å². The summed E-state index contributed by atoms with van der Waals surface area (Å²) in [6, 6.07) is 11.9. The summed E-state index contributed by atoms with van der Waals surface area (Å²) in [5.74, 6) is -0.562. The minimum Gasteiger partial charge on any atom is -0.506 e. The highest BCUT2D eigenvalue weighted by Crippen LogP contribution is 2.33. The number of rotatable bonds is 2. The summed E-state index contributed by atoms with van der Waals surface area (Å²) in [6.07, 6.45) is 1.38. The van der Waals surface area contributed by atoms with E-state index in [4.69, 9.17) is 27.9 Å². The maximum Gasteiger partial charge on any atom is 0.363 e. The van der Waals surface area contributed by atoms with Crippen LogP contribution in [0.3, 0.4) is 0 Å². The third-order valence-electron chi connectivity index (χ3n) is 2.99. The zero-order valence-electron chi connectivity index (χ0n) is 11.1. The maximum atomic E-state index is 11.9. The van der Waals surface area contributed by atoms with Crippen LogP contribution in [0.5, 0.6) is 5.75 Å². The van der Waals surface area contributed by atoms with Crippen LogP contribution >= 0.6 is 23.2 Å². The Morgan fingerprint density at radius 1 is 1.14 bits per heavy atom.